The molecule has 6 nitrogen and oxygen atoms in total. The first-order chi connectivity index (χ1) is 14.0. The van der Waals surface area contributed by atoms with Gasteiger partial charge in [-0.15, -0.1) is 0 Å². The topological polar surface area (TPSA) is 60.9 Å². The van der Waals surface area contributed by atoms with Crippen molar-refractivity contribution in [2.45, 2.75) is 38.6 Å². The number of aromatic nitrogens is 1. The standard InChI is InChI=1S/C21H24F2N2O4/c1-13-9-15(20-17(27-2)5-4-6-18(20)28-3)25(16(13)12-26)11-14-7-8-24-19(10-14)29-21(22)23/h4-8,10,12-13,15-16,21H,9,11H2,1-3H3. The summed E-state index contributed by atoms with van der Waals surface area (Å²) in [6, 6.07) is 8.28. The van der Waals surface area contributed by atoms with Crippen LogP contribution < -0.4 is 14.2 Å². The van der Waals surface area contributed by atoms with Gasteiger partial charge in [-0.2, -0.15) is 8.78 Å². The molecule has 0 bridgehead atoms. The van der Waals surface area contributed by atoms with Crippen LogP contribution in [0.1, 0.15) is 30.5 Å². The molecule has 1 saturated heterocycles. The van der Waals surface area contributed by atoms with Crippen LogP contribution in [0.25, 0.3) is 0 Å². The van der Waals surface area contributed by atoms with Crippen molar-refractivity contribution in [3.63, 3.8) is 0 Å². The van der Waals surface area contributed by atoms with Gasteiger partial charge in [0, 0.05) is 24.8 Å². The molecule has 2 heterocycles. The van der Waals surface area contributed by atoms with Crippen molar-refractivity contribution < 1.29 is 27.8 Å². The fourth-order valence-corrected chi connectivity index (χ4v) is 4.00. The molecule has 3 unspecified atom stereocenters. The Hall–Kier alpha value is -2.74. The normalized spacial score (nSPS) is 21.9. The molecule has 1 aliphatic heterocycles. The molecular formula is C21H24F2N2O4. The molecule has 3 rings (SSSR count). The minimum atomic E-state index is -2.95. The Balaban J connectivity index is 1.98. The van der Waals surface area contributed by atoms with Gasteiger partial charge in [-0.3, -0.25) is 4.90 Å². The zero-order valence-electron chi connectivity index (χ0n) is 16.5. The highest BCUT2D eigenvalue weighted by Crippen LogP contribution is 2.46. The zero-order chi connectivity index (χ0) is 21.0. The highest BCUT2D eigenvalue weighted by Gasteiger charge is 2.41. The molecule has 0 spiro atoms. The summed E-state index contributed by atoms with van der Waals surface area (Å²) in [5, 5.41) is 0. The molecule has 156 valence electrons. The third-order valence-electron chi connectivity index (χ3n) is 5.27. The zero-order valence-corrected chi connectivity index (χ0v) is 16.5. The van der Waals surface area contributed by atoms with Crippen LogP contribution in [-0.4, -0.2) is 43.0 Å². The molecule has 0 N–H and O–H groups in total. The van der Waals surface area contributed by atoms with Crippen molar-refractivity contribution in [2.75, 3.05) is 14.2 Å². The first-order valence-electron chi connectivity index (χ1n) is 9.30. The number of pyridine rings is 1. The molecule has 0 radical (unpaired) electrons. The summed E-state index contributed by atoms with van der Waals surface area (Å²) >= 11 is 0. The second kappa shape index (κ2) is 9.17. The average Bonchev–Trinajstić information content (AvgIpc) is 3.01. The minimum absolute atomic E-state index is 0.103. The monoisotopic (exact) mass is 406 g/mol. The molecule has 29 heavy (non-hydrogen) atoms. The van der Waals surface area contributed by atoms with E-state index in [1.54, 1.807) is 20.3 Å². The van der Waals surface area contributed by atoms with Crippen molar-refractivity contribution >= 4 is 6.29 Å². The number of likely N-dealkylation sites (tertiary alicyclic amines) is 1. The maximum absolute atomic E-state index is 12.5. The Kier molecular flexibility index (Phi) is 6.64. The fourth-order valence-electron chi connectivity index (χ4n) is 4.00. The van der Waals surface area contributed by atoms with Crippen LogP contribution in [0, 0.1) is 5.92 Å². The van der Waals surface area contributed by atoms with Crippen LogP contribution in [0.4, 0.5) is 8.78 Å². The average molecular weight is 406 g/mol. The summed E-state index contributed by atoms with van der Waals surface area (Å²) in [7, 11) is 3.18. The molecule has 0 aliphatic carbocycles. The summed E-state index contributed by atoms with van der Waals surface area (Å²) in [4.78, 5) is 17.7. The van der Waals surface area contributed by atoms with Gasteiger partial charge in [0.25, 0.3) is 0 Å². The quantitative estimate of drug-likeness (QED) is 0.621. The smallest absolute Gasteiger partial charge is 0.388 e. The Morgan fingerprint density at radius 3 is 2.52 bits per heavy atom. The maximum Gasteiger partial charge on any atom is 0.388 e. The third-order valence-corrected chi connectivity index (χ3v) is 5.27. The van der Waals surface area contributed by atoms with Crippen LogP contribution in [-0.2, 0) is 11.3 Å². The van der Waals surface area contributed by atoms with E-state index in [-0.39, 0.29) is 23.9 Å². The number of halogens is 2. The Bertz CT molecular complexity index is 827. The van der Waals surface area contributed by atoms with Crippen molar-refractivity contribution in [3.05, 3.63) is 47.7 Å². The lowest BCUT2D eigenvalue weighted by Gasteiger charge is -2.30. The second-order valence-corrected chi connectivity index (χ2v) is 6.98. The Labute approximate surface area is 168 Å². The number of ether oxygens (including phenoxy) is 3. The summed E-state index contributed by atoms with van der Waals surface area (Å²) in [5.41, 5.74) is 1.59. The number of benzene rings is 1. The van der Waals surface area contributed by atoms with Crippen molar-refractivity contribution in [1.82, 2.24) is 9.88 Å². The van der Waals surface area contributed by atoms with Crippen molar-refractivity contribution in [3.8, 4) is 17.4 Å². The van der Waals surface area contributed by atoms with Crippen LogP contribution in [0.2, 0.25) is 0 Å². The van der Waals surface area contributed by atoms with Crippen LogP contribution in [0.15, 0.2) is 36.5 Å². The molecule has 1 aromatic heterocycles. The van der Waals surface area contributed by atoms with E-state index in [4.69, 9.17) is 9.47 Å². The number of methoxy groups -OCH3 is 2. The molecule has 1 aliphatic rings. The molecule has 1 aromatic carbocycles. The van der Waals surface area contributed by atoms with Gasteiger partial charge < -0.3 is 19.0 Å². The lowest BCUT2D eigenvalue weighted by atomic mass is 9.97. The van der Waals surface area contributed by atoms with Crippen LogP contribution >= 0.6 is 0 Å². The molecule has 8 heteroatoms. The number of alkyl halides is 2. The van der Waals surface area contributed by atoms with E-state index >= 15 is 0 Å². The van der Waals surface area contributed by atoms with Gasteiger partial charge in [0.1, 0.15) is 17.8 Å². The first kappa shape index (κ1) is 21.0. The van der Waals surface area contributed by atoms with Gasteiger partial charge in [-0.05, 0) is 36.1 Å². The summed E-state index contributed by atoms with van der Waals surface area (Å²) in [6.07, 6.45) is 3.08. The first-order valence-corrected chi connectivity index (χ1v) is 9.30. The van der Waals surface area contributed by atoms with Crippen LogP contribution in [0.3, 0.4) is 0 Å². The van der Waals surface area contributed by atoms with Crippen molar-refractivity contribution in [1.29, 1.82) is 0 Å². The number of carbonyl (C=O) groups is 1. The van der Waals surface area contributed by atoms with Gasteiger partial charge in [-0.25, -0.2) is 4.98 Å². The second-order valence-electron chi connectivity index (χ2n) is 6.98. The van der Waals surface area contributed by atoms with E-state index in [0.717, 1.165) is 23.8 Å². The van der Waals surface area contributed by atoms with E-state index in [1.807, 2.05) is 30.0 Å². The SMILES string of the molecule is COc1cccc(OC)c1C1CC(C)C(C=O)N1Cc1ccnc(OC(F)F)c1. The van der Waals surface area contributed by atoms with E-state index in [0.29, 0.717) is 18.0 Å². The highest BCUT2D eigenvalue weighted by molar-refractivity contribution is 5.60. The number of aldehydes is 1. The van der Waals surface area contributed by atoms with Gasteiger partial charge in [-0.1, -0.05) is 13.0 Å². The highest BCUT2D eigenvalue weighted by atomic mass is 19.3. The number of hydrogen-bond acceptors (Lipinski definition) is 6. The minimum Gasteiger partial charge on any atom is -0.496 e. The summed E-state index contributed by atoms with van der Waals surface area (Å²) < 4.78 is 40.6. The number of carbonyl (C=O) groups excluding carboxylic acids is 1. The summed E-state index contributed by atoms with van der Waals surface area (Å²) in [5.74, 6) is 1.30. The van der Waals surface area contributed by atoms with E-state index < -0.39 is 6.61 Å². The molecular weight excluding hydrogens is 382 g/mol. The number of hydrogen-bond donors (Lipinski definition) is 0. The molecule has 0 saturated carbocycles. The fraction of sp³-hybridized carbons (Fsp3) is 0.429. The lowest BCUT2D eigenvalue weighted by Crippen LogP contribution is -2.34. The third kappa shape index (κ3) is 4.48. The van der Waals surface area contributed by atoms with E-state index in [9.17, 15) is 13.6 Å². The number of nitrogens with zero attached hydrogens (tertiary/aromatic N) is 2. The van der Waals surface area contributed by atoms with Gasteiger partial charge in [0.15, 0.2) is 0 Å². The summed E-state index contributed by atoms with van der Waals surface area (Å²) in [6.45, 7) is -0.564. The Morgan fingerprint density at radius 1 is 1.24 bits per heavy atom. The largest absolute Gasteiger partial charge is 0.496 e. The van der Waals surface area contributed by atoms with E-state index in [2.05, 4.69) is 9.72 Å². The molecule has 2 aromatic rings. The lowest BCUT2D eigenvalue weighted by molar-refractivity contribution is -0.113. The predicted molar refractivity (Wildman–Crippen MR) is 102 cm³/mol. The predicted octanol–water partition coefficient (Wildman–Crippen LogP) is 3.85. The Morgan fingerprint density at radius 2 is 1.93 bits per heavy atom. The molecule has 1 fully saturated rings. The number of rotatable bonds is 8. The molecule has 3 atom stereocenters. The van der Waals surface area contributed by atoms with Gasteiger partial charge in [0.05, 0.1) is 25.8 Å². The van der Waals surface area contributed by atoms with Gasteiger partial charge in [0.2, 0.25) is 5.88 Å². The van der Waals surface area contributed by atoms with Crippen molar-refractivity contribution in [2.24, 2.45) is 5.92 Å². The van der Waals surface area contributed by atoms with Crippen LogP contribution in [0.5, 0.6) is 17.4 Å². The van der Waals surface area contributed by atoms with Gasteiger partial charge >= 0.3 is 6.61 Å². The molecule has 0 amide bonds. The van der Waals surface area contributed by atoms with E-state index in [1.165, 1.54) is 12.3 Å². The maximum atomic E-state index is 12.5.